The molecule has 0 saturated carbocycles. The van der Waals surface area contributed by atoms with Crippen LogP contribution in [0.5, 0.6) is 5.75 Å². The van der Waals surface area contributed by atoms with Crippen LogP contribution >= 0.6 is 0 Å². The van der Waals surface area contributed by atoms with Crippen molar-refractivity contribution in [1.29, 1.82) is 0 Å². The molecule has 0 fully saturated rings. The van der Waals surface area contributed by atoms with Gasteiger partial charge in [-0.15, -0.1) is 0 Å². The summed E-state index contributed by atoms with van der Waals surface area (Å²) >= 11 is 0. The number of rotatable bonds is 6. The van der Waals surface area contributed by atoms with Gasteiger partial charge in [-0.1, -0.05) is 24.3 Å². The molecule has 3 rings (SSSR count). The summed E-state index contributed by atoms with van der Waals surface area (Å²) in [5.74, 6) is 0.644. The van der Waals surface area contributed by atoms with Crippen molar-refractivity contribution < 1.29 is 13.2 Å². The predicted molar refractivity (Wildman–Crippen MR) is 93.6 cm³/mol. The van der Waals surface area contributed by atoms with Gasteiger partial charge in [0.2, 0.25) is 10.0 Å². The third-order valence-corrected chi connectivity index (χ3v) is 5.45. The Morgan fingerprint density at radius 2 is 1.67 bits per heavy atom. The highest BCUT2D eigenvalue weighted by Gasteiger charge is 2.24. The second kappa shape index (κ2) is 6.93. The minimum Gasteiger partial charge on any atom is -0.492 e. The SMILES string of the molecule is CN(CCOc1ccc(S(N)(=O)=O)cc1)C1Cc2ccccc2C1. The Morgan fingerprint density at radius 3 is 2.21 bits per heavy atom. The fraction of sp³-hybridized carbons (Fsp3) is 0.333. The standard InChI is InChI=1S/C18H22N2O3S/c1-20(16-12-14-4-2-3-5-15(14)13-16)10-11-23-17-6-8-18(9-7-17)24(19,21)22/h2-9,16H,10-13H2,1H3,(H2,19,21,22). The molecule has 0 spiro atoms. The number of ether oxygens (including phenoxy) is 1. The first-order chi connectivity index (χ1) is 11.4. The number of nitrogens with two attached hydrogens (primary N) is 1. The third kappa shape index (κ3) is 3.95. The van der Waals surface area contributed by atoms with E-state index in [1.54, 1.807) is 12.1 Å². The van der Waals surface area contributed by atoms with Crippen molar-refractivity contribution in [3.8, 4) is 5.75 Å². The zero-order chi connectivity index (χ0) is 17.2. The van der Waals surface area contributed by atoms with E-state index >= 15 is 0 Å². The molecule has 0 aliphatic heterocycles. The summed E-state index contributed by atoms with van der Waals surface area (Å²) in [5.41, 5.74) is 2.88. The molecular weight excluding hydrogens is 324 g/mol. The lowest BCUT2D eigenvalue weighted by Crippen LogP contribution is -2.35. The molecule has 0 saturated heterocycles. The first kappa shape index (κ1) is 17.0. The topological polar surface area (TPSA) is 72.6 Å². The van der Waals surface area contributed by atoms with Crippen molar-refractivity contribution in [2.45, 2.75) is 23.8 Å². The number of likely N-dealkylation sites (N-methyl/N-ethyl adjacent to an activating group) is 1. The molecule has 2 N–H and O–H groups in total. The number of hydrogen-bond donors (Lipinski definition) is 1. The number of primary sulfonamides is 1. The van der Waals surface area contributed by atoms with Gasteiger partial charge in [0.15, 0.2) is 0 Å². The molecule has 0 amide bonds. The van der Waals surface area contributed by atoms with Crippen LogP contribution in [0.4, 0.5) is 0 Å². The molecule has 0 heterocycles. The number of sulfonamides is 1. The van der Waals surface area contributed by atoms with E-state index in [1.165, 1.54) is 23.3 Å². The van der Waals surface area contributed by atoms with Gasteiger partial charge in [0.1, 0.15) is 12.4 Å². The summed E-state index contributed by atoms with van der Waals surface area (Å²) in [4.78, 5) is 2.41. The monoisotopic (exact) mass is 346 g/mol. The van der Waals surface area contributed by atoms with Crippen LogP contribution in [0, 0.1) is 0 Å². The van der Waals surface area contributed by atoms with Crippen molar-refractivity contribution in [3.63, 3.8) is 0 Å². The zero-order valence-electron chi connectivity index (χ0n) is 13.7. The maximum atomic E-state index is 11.2. The van der Waals surface area contributed by atoms with Crippen LogP contribution in [-0.2, 0) is 22.9 Å². The highest BCUT2D eigenvalue weighted by atomic mass is 32.2. The van der Waals surface area contributed by atoms with Gasteiger partial charge >= 0.3 is 0 Å². The van der Waals surface area contributed by atoms with Gasteiger partial charge in [-0.2, -0.15) is 0 Å². The van der Waals surface area contributed by atoms with Gasteiger partial charge in [-0.25, -0.2) is 13.6 Å². The van der Waals surface area contributed by atoms with E-state index in [0.29, 0.717) is 18.4 Å². The van der Waals surface area contributed by atoms with Gasteiger partial charge in [-0.05, 0) is 55.3 Å². The van der Waals surface area contributed by atoms with Gasteiger partial charge in [0, 0.05) is 12.6 Å². The second-order valence-corrected chi connectivity index (χ2v) is 7.74. The minimum atomic E-state index is -3.65. The highest BCUT2D eigenvalue weighted by Crippen LogP contribution is 2.24. The lowest BCUT2D eigenvalue weighted by Gasteiger charge is -2.24. The molecule has 2 aromatic rings. The van der Waals surface area contributed by atoms with Gasteiger partial charge < -0.3 is 4.74 Å². The Kier molecular flexibility index (Phi) is 4.89. The maximum absolute atomic E-state index is 11.2. The van der Waals surface area contributed by atoms with Crippen LogP contribution in [0.15, 0.2) is 53.4 Å². The van der Waals surface area contributed by atoms with E-state index in [9.17, 15) is 8.42 Å². The van der Waals surface area contributed by atoms with Crippen molar-refractivity contribution >= 4 is 10.0 Å². The van der Waals surface area contributed by atoms with Gasteiger partial charge in [-0.3, -0.25) is 4.90 Å². The summed E-state index contributed by atoms with van der Waals surface area (Å²) < 4.78 is 28.1. The Bertz CT molecular complexity index is 778. The quantitative estimate of drug-likeness (QED) is 0.866. The predicted octanol–water partition coefficient (Wildman–Crippen LogP) is 1.81. The fourth-order valence-corrected chi connectivity index (χ4v) is 3.58. The first-order valence-electron chi connectivity index (χ1n) is 7.96. The van der Waals surface area contributed by atoms with Crippen molar-refractivity contribution in [2.75, 3.05) is 20.2 Å². The molecule has 1 aliphatic rings. The van der Waals surface area contributed by atoms with Crippen LogP contribution < -0.4 is 9.88 Å². The zero-order valence-corrected chi connectivity index (χ0v) is 14.5. The van der Waals surface area contributed by atoms with E-state index in [2.05, 4.69) is 36.2 Å². The maximum Gasteiger partial charge on any atom is 0.238 e. The largest absolute Gasteiger partial charge is 0.492 e. The Morgan fingerprint density at radius 1 is 1.08 bits per heavy atom. The van der Waals surface area contributed by atoms with Crippen LogP contribution in [0.2, 0.25) is 0 Å². The van der Waals surface area contributed by atoms with Gasteiger partial charge in [0.25, 0.3) is 0 Å². The Balaban J connectivity index is 1.48. The molecule has 128 valence electrons. The average molecular weight is 346 g/mol. The fourth-order valence-electron chi connectivity index (χ4n) is 3.06. The molecule has 24 heavy (non-hydrogen) atoms. The summed E-state index contributed by atoms with van der Waals surface area (Å²) in [5, 5.41) is 5.08. The highest BCUT2D eigenvalue weighted by molar-refractivity contribution is 7.89. The van der Waals surface area contributed by atoms with Gasteiger partial charge in [0.05, 0.1) is 4.90 Å². The summed E-state index contributed by atoms with van der Waals surface area (Å²) in [6.45, 7) is 1.37. The molecule has 0 unspecified atom stereocenters. The van der Waals surface area contributed by atoms with Crippen molar-refractivity contribution in [1.82, 2.24) is 4.90 Å². The number of benzene rings is 2. The minimum absolute atomic E-state index is 0.0932. The molecule has 0 atom stereocenters. The molecular formula is C18H22N2O3S. The molecule has 0 aromatic heterocycles. The number of fused-ring (bicyclic) bond motifs is 1. The molecule has 6 heteroatoms. The van der Waals surface area contributed by atoms with Crippen molar-refractivity contribution in [2.24, 2.45) is 5.14 Å². The average Bonchev–Trinajstić information content (AvgIpc) is 2.98. The molecule has 1 aliphatic carbocycles. The lowest BCUT2D eigenvalue weighted by atomic mass is 10.1. The van der Waals surface area contributed by atoms with Crippen LogP contribution in [0.3, 0.4) is 0 Å². The normalized spacial score (nSPS) is 14.8. The smallest absolute Gasteiger partial charge is 0.238 e. The first-order valence-corrected chi connectivity index (χ1v) is 9.51. The second-order valence-electron chi connectivity index (χ2n) is 6.18. The lowest BCUT2D eigenvalue weighted by molar-refractivity contribution is 0.195. The molecule has 0 radical (unpaired) electrons. The summed E-state index contributed by atoms with van der Waals surface area (Å²) in [7, 11) is -1.54. The van der Waals surface area contributed by atoms with Crippen LogP contribution in [0.1, 0.15) is 11.1 Å². The van der Waals surface area contributed by atoms with Crippen LogP contribution in [-0.4, -0.2) is 39.6 Å². The third-order valence-electron chi connectivity index (χ3n) is 4.52. The summed E-state index contributed by atoms with van der Waals surface area (Å²) in [6.07, 6.45) is 2.16. The Hall–Kier alpha value is -1.89. The molecule has 0 bridgehead atoms. The Labute approximate surface area is 143 Å². The molecule has 5 nitrogen and oxygen atoms in total. The summed E-state index contributed by atoms with van der Waals surface area (Å²) in [6, 6.07) is 15.3. The van der Waals surface area contributed by atoms with E-state index in [-0.39, 0.29) is 4.90 Å². The number of nitrogens with zero attached hydrogens (tertiary/aromatic N) is 1. The van der Waals surface area contributed by atoms with Crippen LogP contribution in [0.25, 0.3) is 0 Å². The molecule has 2 aromatic carbocycles. The number of hydrogen-bond acceptors (Lipinski definition) is 4. The van der Waals surface area contributed by atoms with E-state index in [4.69, 9.17) is 9.88 Å². The van der Waals surface area contributed by atoms with E-state index in [1.807, 2.05) is 0 Å². The van der Waals surface area contributed by atoms with E-state index in [0.717, 1.165) is 19.4 Å². The van der Waals surface area contributed by atoms with E-state index < -0.39 is 10.0 Å². The van der Waals surface area contributed by atoms with Crippen molar-refractivity contribution in [3.05, 3.63) is 59.7 Å².